The van der Waals surface area contributed by atoms with Crippen molar-refractivity contribution in [2.75, 3.05) is 0 Å². The summed E-state index contributed by atoms with van der Waals surface area (Å²) in [4.78, 5) is 10.4. The zero-order valence-electron chi connectivity index (χ0n) is 6.25. The highest BCUT2D eigenvalue weighted by Gasteiger charge is 2.00. The third-order valence-corrected chi connectivity index (χ3v) is 2.17. The van der Waals surface area contributed by atoms with Gasteiger partial charge in [-0.25, -0.2) is 0 Å². The Morgan fingerprint density at radius 1 is 1.45 bits per heavy atom. The maximum absolute atomic E-state index is 10.4. The minimum atomic E-state index is 0.358. The van der Waals surface area contributed by atoms with Crippen LogP contribution in [-0.4, -0.2) is 6.29 Å². The molecule has 1 unspecified atom stereocenters. The van der Waals surface area contributed by atoms with E-state index in [1.54, 1.807) is 0 Å². The first-order valence-corrected chi connectivity index (χ1v) is 4.52. The van der Waals surface area contributed by atoms with Gasteiger partial charge in [-0.2, -0.15) is 0 Å². The van der Waals surface area contributed by atoms with Crippen LogP contribution in [0.25, 0.3) is 0 Å². The Morgan fingerprint density at radius 2 is 2.18 bits per heavy atom. The van der Waals surface area contributed by atoms with E-state index in [0.29, 0.717) is 5.92 Å². The second kappa shape index (κ2) is 3.85. The lowest BCUT2D eigenvalue weighted by Gasteiger charge is -1.95. The molecule has 0 amide bonds. The monoisotopic (exact) mass is 260 g/mol. The zero-order valence-corrected chi connectivity index (χ0v) is 8.41. The molecule has 0 fully saturated rings. The molecule has 0 saturated heterocycles. The summed E-state index contributed by atoms with van der Waals surface area (Å²) >= 11 is 2.25. The van der Waals surface area contributed by atoms with E-state index in [9.17, 15) is 4.79 Å². The summed E-state index contributed by atoms with van der Waals surface area (Å²) in [6, 6.07) is 0. The largest absolute Gasteiger partial charge is 0.298 e. The fourth-order valence-corrected chi connectivity index (χ4v) is 1.72. The van der Waals surface area contributed by atoms with Crippen LogP contribution >= 0.6 is 22.6 Å². The molecular formula is C9H9IO. The second-order valence-corrected chi connectivity index (χ2v) is 3.77. The molecule has 0 aromatic rings. The lowest BCUT2D eigenvalue weighted by molar-refractivity contribution is -0.104. The van der Waals surface area contributed by atoms with Gasteiger partial charge in [-0.3, -0.25) is 4.79 Å². The van der Waals surface area contributed by atoms with Gasteiger partial charge in [0.15, 0.2) is 0 Å². The fraction of sp³-hybridized carbons (Fsp3) is 0.222. The average Bonchev–Trinajstić information content (AvgIpc) is 2.11. The van der Waals surface area contributed by atoms with Gasteiger partial charge in [0.2, 0.25) is 0 Å². The van der Waals surface area contributed by atoms with E-state index in [0.717, 1.165) is 11.9 Å². The minimum Gasteiger partial charge on any atom is -0.298 e. The van der Waals surface area contributed by atoms with E-state index in [1.807, 2.05) is 18.2 Å². The lowest BCUT2D eigenvalue weighted by Crippen LogP contribution is -1.85. The quantitative estimate of drug-likeness (QED) is 0.523. The fourth-order valence-electron chi connectivity index (χ4n) is 0.968. The van der Waals surface area contributed by atoms with Crippen LogP contribution in [-0.2, 0) is 4.79 Å². The minimum absolute atomic E-state index is 0.358. The molecule has 0 radical (unpaired) electrons. The summed E-state index contributed by atoms with van der Waals surface area (Å²) in [5, 5.41) is 0. The zero-order chi connectivity index (χ0) is 8.27. The second-order valence-electron chi connectivity index (χ2n) is 2.53. The number of carbonyl (C=O) groups is 1. The summed E-state index contributed by atoms with van der Waals surface area (Å²) in [6.07, 6.45) is 8.75. The third-order valence-electron chi connectivity index (χ3n) is 1.45. The molecule has 0 aromatic heterocycles. The van der Waals surface area contributed by atoms with Crippen LogP contribution in [0.5, 0.6) is 0 Å². The Balaban J connectivity index is 2.91. The number of halogens is 1. The molecule has 1 nitrogen and oxygen atoms in total. The molecule has 0 aromatic carbocycles. The molecule has 1 atom stereocenters. The Bertz CT molecular complexity index is 248. The molecule has 0 aliphatic heterocycles. The van der Waals surface area contributed by atoms with Gasteiger partial charge in [-0.15, -0.1) is 0 Å². The number of carbonyl (C=O) groups excluding carboxylic acids is 1. The predicted octanol–water partition coefficient (Wildman–Crippen LogP) is 2.64. The van der Waals surface area contributed by atoms with Gasteiger partial charge in [-0.1, -0.05) is 25.2 Å². The normalized spacial score (nSPS) is 23.6. The molecule has 0 bridgehead atoms. The number of hydrogen-bond acceptors (Lipinski definition) is 1. The molecule has 1 aliphatic carbocycles. The van der Waals surface area contributed by atoms with Crippen LogP contribution in [0.4, 0.5) is 0 Å². The third kappa shape index (κ3) is 2.61. The Labute approximate surface area is 80.0 Å². The van der Waals surface area contributed by atoms with E-state index in [-0.39, 0.29) is 0 Å². The van der Waals surface area contributed by atoms with E-state index < -0.39 is 0 Å². The molecule has 1 aliphatic rings. The van der Waals surface area contributed by atoms with Gasteiger partial charge < -0.3 is 0 Å². The van der Waals surface area contributed by atoms with Gasteiger partial charge >= 0.3 is 0 Å². The van der Waals surface area contributed by atoms with Crippen molar-refractivity contribution in [3.05, 3.63) is 33.5 Å². The molecular weight excluding hydrogens is 251 g/mol. The standard InChI is InChI=1S/C9H9IO/c1-7-4-8(6-11)2-3-9(10)5-7/h2-7H,1H3. The van der Waals surface area contributed by atoms with Gasteiger partial charge in [-0.05, 0) is 34.6 Å². The molecule has 0 spiro atoms. The smallest absolute Gasteiger partial charge is 0.149 e. The van der Waals surface area contributed by atoms with Crippen molar-refractivity contribution < 1.29 is 4.79 Å². The first kappa shape index (κ1) is 8.71. The van der Waals surface area contributed by atoms with Crippen LogP contribution < -0.4 is 0 Å². The number of rotatable bonds is 1. The number of allylic oxidation sites excluding steroid dienone is 6. The van der Waals surface area contributed by atoms with Gasteiger partial charge in [0, 0.05) is 9.15 Å². The average molecular weight is 260 g/mol. The topological polar surface area (TPSA) is 17.1 Å². The molecule has 11 heavy (non-hydrogen) atoms. The SMILES string of the molecule is CC1C=C(I)C=CC(C=O)=C1. The summed E-state index contributed by atoms with van der Waals surface area (Å²) < 4.78 is 1.18. The van der Waals surface area contributed by atoms with Crippen molar-refractivity contribution in [3.8, 4) is 0 Å². The van der Waals surface area contributed by atoms with Crippen molar-refractivity contribution in [2.45, 2.75) is 6.92 Å². The molecule has 0 heterocycles. The van der Waals surface area contributed by atoms with Crippen molar-refractivity contribution in [1.82, 2.24) is 0 Å². The Hall–Kier alpha value is -0.380. The molecule has 1 rings (SSSR count). The van der Waals surface area contributed by atoms with Crippen LogP contribution in [0.3, 0.4) is 0 Å². The molecule has 2 heteroatoms. The van der Waals surface area contributed by atoms with Crippen LogP contribution in [0.15, 0.2) is 33.5 Å². The highest BCUT2D eigenvalue weighted by atomic mass is 127. The first-order valence-electron chi connectivity index (χ1n) is 3.45. The maximum Gasteiger partial charge on any atom is 0.149 e. The highest BCUT2D eigenvalue weighted by molar-refractivity contribution is 14.1. The number of hydrogen-bond donors (Lipinski definition) is 0. The predicted molar refractivity (Wildman–Crippen MR) is 54.6 cm³/mol. The Morgan fingerprint density at radius 3 is 2.82 bits per heavy atom. The van der Waals surface area contributed by atoms with Gasteiger partial charge in [0.05, 0.1) is 0 Å². The molecule has 0 N–H and O–H groups in total. The van der Waals surface area contributed by atoms with Gasteiger partial charge in [0.1, 0.15) is 6.29 Å². The van der Waals surface area contributed by atoms with E-state index in [4.69, 9.17) is 0 Å². The summed E-state index contributed by atoms with van der Waals surface area (Å²) in [7, 11) is 0. The van der Waals surface area contributed by atoms with Crippen molar-refractivity contribution in [2.24, 2.45) is 5.92 Å². The van der Waals surface area contributed by atoms with Crippen molar-refractivity contribution in [3.63, 3.8) is 0 Å². The molecule has 0 saturated carbocycles. The van der Waals surface area contributed by atoms with Crippen molar-refractivity contribution >= 4 is 28.9 Å². The van der Waals surface area contributed by atoms with Gasteiger partial charge in [0.25, 0.3) is 0 Å². The molecule has 58 valence electrons. The maximum atomic E-state index is 10.4. The van der Waals surface area contributed by atoms with Crippen LogP contribution in [0.2, 0.25) is 0 Å². The first-order chi connectivity index (χ1) is 5.22. The lowest BCUT2D eigenvalue weighted by atomic mass is 10.1. The Kier molecular flexibility index (Phi) is 3.05. The van der Waals surface area contributed by atoms with Crippen LogP contribution in [0.1, 0.15) is 6.92 Å². The summed E-state index contributed by atoms with van der Waals surface area (Å²) in [5.41, 5.74) is 0.764. The number of aldehydes is 1. The summed E-state index contributed by atoms with van der Waals surface area (Å²) in [6.45, 7) is 2.06. The van der Waals surface area contributed by atoms with Crippen LogP contribution in [0, 0.1) is 5.92 Å². The van der Waals surface area contributed by atoms with Crippen molar-refractivity contribution in [1.29, 1.82) is 0 Å². The van der Waals surface area contributed by atoms with E-state index in [1.165, 1.54) is 3.58 Å². The summed E-state index contributed by atoms with van der Waals surface area (Å²) in [5.74, 6) is 0.358. The van der Waals surface area contributed by atoms with E-state index in [2.05, 4.69) is 35.6 Å². The van der Waals surface area contributed by atoms with E-state index >= 15 is 0 Å². The highest BCUT2D eigenvalue weighted by Crippen LogP contribution is 2.18.